The van der Waals surface area contributed by atoms with Crippen LogP contribution in [-0.4, -0.2) is 36.5 Å². The Morgan fingerprint density at radius 1 is 1.44 bits per heavy atom. The smallest absolute Gasteiger partial charge is 0.328 e. The van der Waals surface area contributed by atoms with E-state index in [-0.39, 0.29) is 17.9 Å². The molecule has 1 aliphatic heterocycles. The minimum Gasteiger partial charge on any atom is -0.467 e. The van der Waals surface area contributed by atoms with Gasteiger partial charge < -0.3 is 9.64 Å². The van der Waals surface area contributed by atoms with Gasteiger partial charge in [0.05, 0.1) is 7.11 Å². The van der Waals surface area contributed by atoms with Crippen molar-refractivity contribution >= 4 is 11.9 Å². The molecule has 0 N–H and O–H groups in total. The molecule has 0 aromatic rings. The number of rotatable bonds is 4. The Morgan fingerprint density at radius 2 is 2.12 bits per heavy atom. The zero-order valence-electron chi connectivity index (χ0n) is 10.4. The number of amides is 1. The number of carbonyl (C=O) groups excluding carboxylic acids is 2. The Balaban J connectivity index is 2.51. The van der Waals surface area contributed by atoms with E-state index in [1.807, 2.05) is 0 Å². The van der Waals surface area contributed by atoms with Crippen molar-refractivity contribution < 1.29 is 14.3 Å². The fourth-order valence-electron chi connectivity index (χ4n) is 2.00. The summed E-state index contributed by atoms with van der Waals surface area (Å²) >= 11 is 0. The first kappa shape index (κ1) is 13.0. The number of hydrogen-bond donors (Lipinski definition) is 0. The number of hydrogen-bond acceptors (Lipinski definition) is 3. The third-order valence-corrected chi connectivity index (χ3v) is 2.98. The number of esters is 1. The van der Waals surface area contributed by atoms with Crippen LogP contribution in [0.25, 0.3) is 0 Å². The molecule has 1 amide bonds. The largest absolute Gasteiger partial charge is 0.467 e. The second-order valence-electron chi connectivity index (χ2n) is 4.70. The second-order valence-corrected chi connectivity index (χ2v) is 4.70. The van der Waals surface area contributed by atoms with Gasteiger partial charge >= 0.3 is 5.97 Å². The molecule has 0 aromatic heterocycles. The van der Waals surface area contributed by atoms with Gasteiger partial charge in [0.15, 0.2) is 0 Å². The molecule has 0 radical (unpaired) electrons. The SMILES string of the molecule is COC(=O)C1CCCN1C(=O)CCC(C)C. The minimum absolute atomic E-state index is 0.0848. The van der Waals surface area contributed by atoms with E-state index in [9.17, 15) is 9.59 Å². The molecule has 1 unspecified atom stereocenters. The van der Waals surface area contributed by atoms with Crippen molar-refractivity contribution in [3.63, 3.8) is 0 Å². The molecular formula is C12H21NO3. The predicted octanol–water partition coefficient (Wildman–Crippen LogP) is 1.59. The Kier molecular flexibility index (Phi) is 4.77. The fraction of sp³-hybridized carbons (Fsp3) is 0.833. The lowest BCUT2D eigenvalue weighted by molar-refractivity contribution is -0.151. The highest BCUT2D eigenvalue weighted by Crippen LogP contribution is 2.20. The Labute approximate surface area is 96.9 Å². The maximum Gasteiger partial charge on any atom is 0.328 e. The van der Waals surface area contributed by atoms with Gasteiger partial charge in [0.1, 0.15) is 6.04 Å². The Morgan fingerprint density at radius 3 is 2.69 bits per heavy atom. The molecule has 1 saturated heterocycles. The molecule has 16 heavy (non-hydrogen) atoms. The van der Waals surface area contributed by atoms with E-state index in [0.29, 0.717) is 18.9 Å². The molecule has 0 aliphatic carbocycles. The summed E-state index contributed by atoms with van der Waals surface area (Å²) in [6, 6.07) is -0.343. The summed E-state index contributed by atoms with van der Waals surface area (Å²) in [6.07, 6.45) is 3.04. The van der Waals surface area contributed by atoms with Crippen LogP contribution in [0.1, 0.15) is 39.5 Å². The zero-order valence-corrected chi connectivity index (χ0v) is 10.4. The van der Waals surface area contributed by atoms with Gasteiger partial charge in [-0.15, -0.1) is 0 Å². The quantitative estimate of drug-likeness (QED) is 0.685. The van der Waals surface area contributed by atoms with E-state index in [2.05, 4.69) is 13.8 Å². The van der Waals surface area contributed by atoms with Gasteiger partial charge in [-0.3, -0.25) is 4.79 Å². The molecule has 92 valence electrons. The summed E-state index contributed by atoms with van der Waals surface area (Å²) < 4.78 is 4.71. The van der Waals surface area contributed by atoms with Crippen LogP contribution in [0.4, 0.5) is 0 Å². The van der Waals surface area contributed by atoms with Crippen molar-refractivity contribution in [2.45, 2.75) is 45.6 Å². The average Bonchev–Trinajstić information content (AvgIpc) is 2.73. The van der Waals surface area contributed by atoms with Crippen LogP contribution in [0.5, 0.6) is 0 Å². The van der Waals surface area contributed by atoms with Gasteiger partial charge in [0.2, 0.25) is 5.91 Å². The highest BCUT2D eigenvalue weighted by atomic mass is 16.5. The Bertz CT molecular complexity index is 263. The molecule has 1 heterocycles. The van der Waals surface area contributed by atoms with Gasteiger partial charge in [-0.2, -0.15) is 0 Å². The highest BCUT2D eigenvalue weighted by molar-refractivity contribution is 5.85. The third-order valence-electron chi connectivity index (χ3n) is 2.98. The molecule has 4 nitrogen and oxygen atoms in total. The monoisotopic (exact) mass is 227 g/mol. The van der Waals surface area contributed by atoms with E-state index >= 15 is 0 Å². The maximum absolute atomic E-state index is 11.9. The molecule has 1 rings (SSSR count). The summed E-state index contributed by atoms with van der Waals surface area (Å²) in [5, 5.41) is 0. The van der Waals surface area contributed by atoms with Crippen LogP contribution in [0.3, 0.4) is 0 Å². The van der Waals surface area contributed by atoms with Crippen molar-refractivity contribution in [2.75, 3.05) is 13.7 Å². The van der Waals surface area contributed by atoms with Gasteiger partial charge in [-0.25, -0.2) is 4.79 Å². The molecule has 1 aliphatic rings. The van der Waals surface area contributed by atoms with E-state index in [1.54, 1.807) is 4.90 Å². The van der Waals surface area contributed by atoms with E-state index in [1.165, 1.54) is 7.11 Å². The topological polar surface area (TPSA) is 46.6 Å². The number of ether oxygens (including phenoxy) is 1. The van der Waals surface area contributed by atoms with Crippen molar-refractivity contribution in [3.05, 3.63) is 0 Å². The normalized spacial score (nSPS) is 20.2. The Hall–Kier alpha value is -1.06. The first-order valence-corrected chi connectivity index (χ1v) is 5.93. The number of nitrogens with zero attached hydrogens (tertiary/aromatic N) is 1. The minimum atomic E-state index is -0.343. The van der Waals surface area contributed by atoms with Gasteiger partial charge in [-0.1, -0.05) is 13.8 Å². The predicted molar refractivity (Wildman–Crippen MR) is 60.8 cm³/mol. The number of likely N-dealkylation sites (tertiary alicyclic amines) is 1. The number of carbonyl (C=O) groups is 2. The molecule has 0 spiro atoms. The van der Waals surface area contributed by atoms with Crippen molar-refractivity contribution in [1.82, 2.24) is 4.90 Å². The number of methoxy groups -OCH3 is 1. The average molecular weight is 227 g/mol. The van der Waals surface area contributed by atoms with Crippen molar-refractivity contribution in [3.8, 4) is 0 Å². The van der Waals surface area contributed by atoms with E-state index in [4.69, 9.17) is 4.74 Å². The molecular weight excluding hydrogens is 206 g/mol. The third kappa shape index (κ3) is 3.22. The van der Waals surface area contributed by atoms with Gasteiger partial charge in [0, 0.05) is 13.0 Å². The summed E-state index contributed by atoms with van der Waals surface area (Å²) in [6.45, 7) is 4.88. The van der Waals surface area contributed by atoms with Crippen LogP contribution in [0.2, 0.25) is 0 Å². The first-order chi connectivity index (χ1) is 7.56. The molecule has 4 heteroatoms. The van der Waals surface area contributed by atoms with Crippen LogP contribution >= 0.6 is 0 Å². The summed E-state index contributed by atoms with van der Waals surface area (Å²) in [4.78, 5) is 25.0. The molecule has 0 bridgehead atoms. The zero-order chi connectivity index (χ0) is 12.1. The van der Waals surface area contributed by atoms with Crippen molar-refractivity contribution in [1.29, 1.82) is 0 Å². The first-order valence-electron chi connectivity index (χ1n) is 5.93. The molecule has 0 aromatic carbocycles. The summed E-state index contributed by atoms with van der Waals surface area (Å²) in [5.41, 5.74) is 0. The lowest BCUT2D eigenvalue weighted by Crippen LogP contribution is -2.41. The highest BCUT2D eigenvalue weighted by Gasteiger charge is 2.34. The molecule has 0 saturated carbocycles. The van der Waals surface area contributed by atoms with E-state index in [0.717, 1.165) is 19.3 Å². The van der Waals surface area contributed by atoms with Gasteiger partial charge in [-0.05, 0) is 25.2 Å². The van der Waals surface area contributed by atoms with Crippen LogP contribution in [0, 0.1) is 5.92 Å². The maximum atomic E-state index is 11.9. The van der Waals surface area contributed by atoms with Crippen LogP contribution in [-0.2, 0) is 14.3 Å². The summed E-state index contributed by atoms with van der Waals surface area (Å²) in [5.74, 6) is 0.320. The second kappa shape index (κ2) is 5.87. The lowest BCUT2D eigenvalue weighted by atomic mass is 10.1. The van der Waals surface area contributed by atoms with Crippen LogP contribution < -0.4 is 0 Å². The molecule has 1 fully saturated rings. The molecule has 1 atom stereocenters. The lowest BCUT2D eigenvalue weighted by Gasteiger charge is -2.22. The summed E-state index contributed by atoms with van der Waals surface area (Å²) in [7, 11) is 1.37. The van der Waals surface area contributed by atoms with E-state index < -0.39 is 0 Å². The van der Waals surface area contributed by atoms with Crippen molar-refractivity contribution in [2.24, 2.45) is 5.92 Å². The fourth-order valence-corrected chi connectivity index (χ4v) is 2.00. The van der Waals surface area contributed by atoms with Crippen LogP contribution in [0.15, 0.2) is 0 Å². The van der Waals surface area contributed by atoms with Gasteiger partial charge in [0.25, 0.3) is 0 Å². The standard InChI is InChI=1S/C12H21NO3/c1-9(2)6-7-11(14)13-8-4-5-10(13)12(15)16-3/h9-10H,4-8H2,1-3H3.